The third-order valence-corrected chi connectivity index (χ3v) is 3.60. The average Bonchev–Trinajstić information content (AvgIpc) is 2.92. The van der Waals surface area contributed by atoms with Crippen molar-refractivity contribution in [3.8, 4) is 0 Å². The van der Waals surface area contributed by atoms with Crippen LogP contribution in [0.15, 0.2) is 52.9 Å². The van der Waals surface area contributed by atoms with Crippen molar-refractivity contribution in [2.75, 3.05) is 0 Å². The van der Waals surface area contributed by atoms with Gasteiger partial charge in [0.15, 0.2) is 0 Å². The molecule has 2 nitrogen and oxygen atoms in total. The van der Waals surface area contributed by atoms with Crippen LogP contribution < -0.4 is 0 Å². The zero-order valence-corrected chi connectivity index (χ0v) is 10.2. The fourth-order valence-corrected chi connectivity index (χ4v) is 2.83. The van der Waals surface area contributed by atoms with E-state index in [1.807, 2.05) is 12.1 Å². The molecule has 0 amide bonds. The van der Waals surface area contributed by atoms with Crippen molar-refractivity contribution >= 4 is 33.0 Å². The topological polar surface area (TPSA) is 18.1 Å². The first-order valence-corrected chi connectivity index (χ1v) is 6.28. The first kappa shape index (κ1) is 9.77. The van der Waals surface area contributed by atoms with Crippen molar-refractivity contribution in [3.05, 3.63) is 48.5 Å². The van der Waals surface area contributed by atoms with Crippen LogP contribution in [0.3, 0.4) is 0 Å². The summed E-state index contributed by atoms with van der Waals surface area (Å²) < 4.78 is 8.26. The van der Waals surface area contributed by atoms with Gasteiger partial charge in [-0.05, 0) is 19.1 Å². The van der Waals surface area contributed by atoms with Gasteiger partial charge in [-0.25, -0.2) is 0 Å². The molecule has 4 rings (SSSR count). The molecule has 0 radical (unpaired) electrons. The lowest BCUT2D eigenvalue weighted by Crippen LogP contribution is -1.91. The summed E-state index contributed by atoms with van der Waals surface area (Å²) >= 11 is 0. The van der Waals surface area contributed by atoms with Gasteiger partial charge in [-0.3, -0.25) is 0 Å². The van der Waals surface area contributed by atoms with Gasteiger partial charge in [-0.15, -0.1) is 0 Å². The summed E-state index contributed by atoms with van der Waals surface area (Å²) in [5.74, 6) is 0. The van der Waals surface area contributed by atoms with Crippen LogP contribution in [0.5, 0.6) is 0 Å². The second-order valence-corrected chi connectivity index (χ2v) is 4.54. The van der Waals surface area contributed by atoms with Gasteiger partial charge < -0.3 is 8.98 Å². The Labute approximate surface area is 104 Å². The molecule has 4 aromatic rings. The Morgan fingerprint density at radius 2 is 1.67 bits per heavy atom. The highest BCUT2D eigenvalue weighted by atomic mass is 16.3. The number of furan rings is 1. The number of hydrogen-bond donors (Lipinski definition) is 0. The maximum Gasteiger partial charge on any atom is 0.209 e. The minimum Gasteiger partial charge on any atom is -0.439 e. The Morgan fingerprint density at radius 3 is 2.50 bits per heavy atom. The van der Waals surface area contributed by atoms with Crippen LogP contribution in [-0.2, 0) is 6.54 Å². The van der Waals surface area contributed by atoms with Crippen molar-refractivity contribution in [3.63, 3.8) is 0 Å². The molecule has 88 valence electrons. The van der Waals surface area contributed by atoms with Gasteiger partial charge in [0.1, 0.15) is 5.58 Å². The predicted molar refractivity (Wildman–Crippen MR) is 74.9 cm³/mol. The number of rotatable bonds is 1. The molecule has 0 aliphatic rings. The third-order valence-electron chi connectivity index (χ3n) is 3.60. The molecule has 0 aliphatic heterocycles. The lowest BCUT2D eigenvalue weighted by molar-refractivity contribution is 0.617. The summed E-state index contributed by atoms with van der Waals surface area (Å²) in [6.07, 6.45) is 0. The smallest absolute Gasteiger partial charge is 0.209 e. The van der Waals surface area contributed by atoms with Crippen molar-refractivity contribution in [1.29, 1.82) is 0 Å². The van der Waals surface area contributed by atoms with E-state index in [4.69, 9.17) is 4.42 Å². The number of hydrogen-bond acceptors (Lipinski definition) is 1. The molecule has 0 saturated carbocycles. The van der Waals surface area contributed by atoms with Crippen LogP contribution in [0.2, 0.25) is 0 Å². The lowest BCUT2D eigenvalue weighted by Gasteiger charge is -2.00. The zero-order valence-electron chi connectivity index (χ0n) is 10.2. The Morgan fingerprint density at radius 1 is 0.944 bits per heavy atom. The first-order chi connectivity index (χ1) is 8.90. The lowest BCUT2D eigenvalue weighted by atomic mass is 10.1. The van der Waals surface area contributed by atoms with E-state index < -0.39 is 0 Å². The molecule has 0 spiro atoms. The van der Waals surface area contributed by atoms with Gasteiger partial charge in [0.25, 0.3) is 0 Å². The molecule has 0 unspecified atom stereocenters. The van der Waals surface area contributed by atoms with E-state index in [0.717, 1.165) is 17.8 Å². The van der Waals surface area contributed by atoms with E-state index in [1.54, 1.807) is 0 Å². The zero-order chi connectivity index (χ0) is 12.1. The van der Waals surface area contributed by atoms with Crippen LogP contribution >= 0.6 is 0 Å². The maximum absolute atomic E-state index is 6.02. The van der Waals surface area contributed by atoms with E-state index in [0.29, 0.717) is 0 Å². The van der Waals surface area contributed by atoms with Crippen LogP contribution in [0.4, 0.5) is 0 Å². The standard InChI is InChI=1S/C16H13NO/c1-2-17-13-9-5-3-7-11(13)15-12-8-4-6-10-14(12)18-16(15)17/h3-10H,2H2,1H3. The van der Waals surface area contributed by atoms with Crippen LogP contribution in [0.25, 0.3) is 33.0 Å². The van der Waals surface area contributed by atoms with E-state index in [2.05, 4.69) is 47.9 Å². The number of aromatic nitrogens is 1. The van der Waals surface area contributed by atoms with Gasteiger partial charge in [-0.1, -0.05) is 36.4 Å². The quantitative estimate of drug-likeness (QED) is 0.473. The number of para-hydroxylation sites is 2. The fraction of sp³-hybridized carbons (Fsp3) is 0.125. The monoisotopic (exact) mass is 235 g/mol. The van der Waals surface area contributed by atoms with Gasteiger partial charge >= 0.3 is 0 Å². The highest BCUT2D eigenvalue weighted by molar-refractivity contribution is 6.19. The minimum absolute atomic E-state index is 0.920. The molecule has 0 aliphatic carbocycles. The molecule has 0 bridgehead atoms. The normalized spacial score (nSPS) is 11.8. The van der Waals surface area contributed by atoms with Crippen molar-refractivity contribution in [1.82, 2.24) is 4.57 Å². The summed E-state index contributed by atoms with van der Waals surface area (Å²) in [5, 5.41) is 3.72. The highest BCUT2D eigenvalue weighted by Gasteiger charge is 2.15. The highest BCUT2D eigenvalue weighted by Crippen LogP contribution is 2.36. The molecule has 2 heteroatoms. The number of aryl methyl sites for hydroxylation is 1. The number of benzene rings is 2. The van der Waals surface area contributed by atoms with E-state index in [1.165, 1.54) is 21.7 Å². The summed E-state index contributed by atoms with van der Waals surface area (Å²) in [6, 6.07) is 16.7. The van der Waals surface area contributed by atoms with E-state index in [-0.39, 0.29) is 0 Å². The van der Waals surface area contributed by atoms with E-state index >= 15 is 0 Å². The molecule has 2 aromatic heterocycles. The SMILES string of the molecule is CCn1c2ccccc2c2c3ccccc3oc21. The summed E-state index contributed by atoms with van der Waals surface area (Å²) in [7, 11) is 0. The third kappa shape index (κ3) is 1.07. The van der Waals surface area contributed by atoms with Crippen molar-refractivity contribution in [2.45, 2.75) is 13.5 Å². The Hall–Kier alpha value is -2.22. The van der Waals surface area contributed by atoms with Crippen LogP contribution in [-0.4, -0.2) is 4.57 Å². The molecule has 18 heavy (non-hydrogen) atoms. The summed E-state index contributed by atoms with van der Waals surface area (Å²) in [4.78, 5) is 0. The molecule has 0 atom stereocenters. The maximum atomic E-state index is 6.02. The molecule has 0 fully saturated rings. The Balaban J connectivity index is 2.36. The summed E-state index contributed by atoms with van der Waals surface area (Å²) in [5.41, 5.74) is 3.20. The van der Waals surface area contributed by atoms with Crippen LogP contribution in [0.1, 0.15) is 6.92 Å². The summed E-state index contributed by atoms with van der Waals surface area (Å²) in [6.45, 7) is 3.07. The largest absolute Gasteiger partial charge is 0.439 e. The Kier molecular flexibility index (Phi) is 1.84. The molecule has 0 saturated heterocycles. The second kappa shape index (κ2) is 3.39. The second-order valence-electron chi connectivity index (χ2n) is 4.54. The molecule has 2 aromatic carbocycles. The predicted octanol–water partition coefficient (Wildman–Crippen LogP) is 4.56. The first-order valence-electron chi connectivity index (χ1n) is 6.28. The van der Waals surface area contributed by atoms with Gasteiger partial charge in [-0.2, -0.15) is 0 Å². The molecule has 0 N–H and O–H groups in total. The van der Waals surface area contributed by atoms with Crippen LogP contribution in [0, 0.1) is 0 Å². The van der Waals surface area contributed by atoms with Gasteiger partial charge in [0, 0.05) is 17.3 Å². The van der Waals surface area contributed by atoms with Crippen molar-refractivity contribution < 1.29 is 4.42 Å². The average molecular weight is 235 g/mol. The molecule has 2 heterocycles. The number of fused-ring (bicyclic) bond motifs is 5. The molecular formula is C16H13NO. The minimum atomic E-state index is 0.920. The van der Waals surface area contributed by atoms with Gasteiger partial charge in [0.2, 0.25) is 5.71 Å². The van der Waals surface area contributed by atoms with Crippen molar-refractivity contribution in [2.24, 2.45) is 0 Å². The Bertz CT molecular complexity index is 867. The number of nitrogens with zero attached hydrogens (tertiary/aromatic N) is 1. The van der Waals surface area contributed by atoms with Gasteiger partial charge in [0.05, 0.1) is 10.9 Å². The van der Waals surface area contributed by atoms with E-state index in [9.17, 15) is 0 Å². The molecular weight excluding hydrogens is 222 g/mol. The fourth-order valence-electron chi connectivity index (χ4n) is 2.83.